The normalized spacial score (nSPS) is 17.5. The number of halogens is 2. The van der Waals surface area contributed by atoms with Crippen LogP contribution in [0.4, 0.5) is 14.4 Å². The second-order valence-corrected chi connectivity index (χ2v) is 22.1. The molecule has 0 fully saturated rings. The number of benzene rings is 2. The van der Waals surface area contributed by atoms with E-state index in [1.165, 1.54) is 34.5 Å². The smallest absolute Gasteiger partial charge is 0.419 e. The van der Waals surface area contributed by atoms with Gasteiger partial charge in [-0.15, -0.1) is 0 Å². The zero-order chi connectivity index (χ0) is 52.3. The van der Waals surface area contributed by atoms with Crippen LogP contribution in [0.3, 0.4) is 0 Å². The summed E-state index contributed by atoms with van der Waals surface area (Å²) in [6.45, 7) is 16.5. The molecular weight excluding hydrogens is 972 g/mol. The van der Waals surface area contributed by atoms with Gasteiger partial charge in [0.2, 0.25) is 17.7 Å². The first kappa shape index (κ1) is 56.4. The molecule has 0 unspecified atom stereocenters. The Morgan fingerprint density at radius 1 is 0.775 bits per heavy atom. The van der Waals surface area contributed by atoms with E-state index in [0.29, 0.717) is 46.2 Å². The number of likely N-dealkylation sites (N-methyl/N-ethyl adjacent to an activating group) is 1. The molecule has 0 spiro atoms. The molecule has 0 saturated carbocycles. The van der Waals surface area contributed by atoms with Crippen LogP contribution in [0.1, 0.15) is 111 Å². The number of pyridine rings is 1. The van der Waals surface area contributed by atoms with Crippen molar-refractivity contribution in [1.82, 2.24) is 41.0 Å². The molecule has 0 saturated heterocycles. The van der Waals surface area contributed by atoms with Crippen LogP contribution in [-0.2, 0) is 48.1 Å². The molecule has 4 aromatic rings. The molecule has 5 rings (SSSR count). The van der Waals surface area contributed by atoms with Crippen molar-refractivity contribution in [2.75, 3.05) is 20.1 Å². The van der Waals surface area contributed by atoms with Gasteiger partial charge in [-0.25, -0.2) is 19.4 Å². The van der Waals surface area contributed by atoms with E-state index in [2.05, 4.69) is 31.6 Å². The lowest BCUT2D eigenvalue weighted by Gasteiger charge is -2.32. The van der Waals surface area contributed by atoms with Crippen molar-refractivity contribution in [1.29, 1.82) is 0 Å². The third-order valence-corrected chi connectivity index (χ3v) is 13.0. The number of carbonyl (C=O) groups excluding carboxylic acids is 6. The number of nitrogens with one attached hydrogen (secondary N) is 5. The maximum absolute atomic E-state index is 15.1. The number of carbonyl (C=O) groups is 6. The summed E-state index contributed by atoms with van der Waals surface area (Å²) in [7, 11) is 1.50. The van der Waals surface area contributed by atoms with Crippen molar-refractivity contribution in [3.63, 3.8) is 0 Å². The molecule has 386 valence electrons. The number of aromatic nitrogens is 2. The summed E-state index contributed by atoms with van der Waals surface area (Å²) in [6, 6.07) is 11.5. The Kier molecular flexibility index (Phi) is 19.6. The third-order valence-electron chi connectivity index (χ3n) is 11.0. The molecule has 20 heteroatoms. The van der Waals surface area contributed by atoms with Gasteiger partial charge in [0, 0.05) is 67.9 Å². The predicted octanol–water partition coefficient (Wildman–Crippen LogP) is 8.92. The number of alkyl carbamates (subject to hydrolysis) is 2. The quantitative estimate of drug-likeness (QED) is 0.0542. The van der Waals surface area contributed by atoms with Gasteiger partial charge in [0.15, 0.2) is 0 Å². The van der Waals surface area contributed by atoms with Crippen LogP contribution < -0.4 is 26.6 Å². The summed E-state index contributed by atoms with van der Waals surface area (Å²) in [6.07, 6.45) is 2.74. The number of fused-ring (bicyclic) bond motifs is 3. The van der Waals surface area contributed by atoms with E-state index >= 15 is 4.79 Å². The summed E-state index contributed by atoms with van der Waals surface area (Å²) < 4.78 is 17.9. The summed E-state index contributed by atoms with van der Waals surface area (Å²) in [5.41, 5.74) is 0.228. The van der Waals surface area contributed by atoms with E-state index in [0.717, 1.165) is 10.5 Å². The van der Waals surface area contributed by atoms with Crippen LogP contribution in [0, 0.1) is 0 Å². The predicted molar refractivity (Wildman–Crippen MR) is 275 cm³/mol. The topological polar surface area (TPSA) is 211 Å². The molecule has 17 nitrogen and oxygen atoms in total. The Morgan fingerprint density at radius 2 is 1.38 bits per heavy atom. The standard InChI is InChI=1S/C51H68Cl2N8O9S/c1-49(2,3)68-46(65)54-24-16-15-20-37-45(64)60(10)39(26-32-30-61(48(67)70-51(7,8)9)38-22-13-12-19-33(32)38)44(63)58-28-34-35(52)29-57-42(53)41(34)71-40-23-14-11-18-31(40)27-56-36(43(62)59-37)21-17-25-55-47(66)69-50(4,5)6/h11-14,18-19,22-23,29-30,36-37,39,56H,15-17,20-21,24-28H2,1-10H3,(H,54,65)(H,55,66)(H,58,63)(H,59,62)/t36-,37-,39-/m0/s1. The van der Waals surface area contributed by atoms with Gasteiger partial charge in [0.25, 0.3) is 0 Å². The van der Waals surface area contributed by atoms with Crippen LogP contribution in [-0.4, -0.2) is 106 Å². The van der Waals surface area contributed by atoms with Crippen LogP contribution in [0.15, 0.2) is 70.7 Å². The fraction of sp³-hybridized carbons (Fsp3) is 0.510. The fourth-order valence-corrected chi connectivity index (χ4v) is 9.29. The molecule has 0 aliphatic carbocycles. The Balaban J connectivity index is 1.56. The summed E-state index contributed by atoms with van der Waals surface area (Å²) in [5.74, 6) is -1.60. The van der Waals surface area contributed by atoms with Gasteiger partial charge in [-0.05, 0) is 118 Å². The highest BCUT2D eigenvalue weighted by Gasteiger charge is 2.35. The minimum atomic E-state index is -1.20. The number of hydrogen-bond acceptors (Lipinski definition) is 12. The molecule has 5 amide bonds. The molecule has 1 aliphatic heterocycles. The van der Waals surface area contributed by atoms with Crippen molar-refractivity contribution in [3.05, 3.63) is 87.8 Å². The van der Waals surface area contributed by atoms with Crippen molar-refractivity contribution in [2.45, 2.75) is 159 Å². The average molecular weight is 1040 g/mol. The SMILES string of the molecule is CN1C(=O)[C@H](CCCCNC(=O)OC(C)(C)C)NC(=O)[C@H](CCCNC(=O)OC(C)(C)C)NCc2ccccc2Sc2c(Cl)ncc(Cl)c2CNC(=O)[C@@H]1Cc1cn(C(=O)OC(C)(C)C)c2ccccc12. The maximum atomic E-state index is 15.1. The lowest BCUT2D eigenvalue weighted by Crippen LogP contribution is -2.57. The monoisotopic (exact) mass is 1040 g/mol. The van der Waals surface area contributed by atoms with Gasteiger partial charge in [0.05, 0.1) is 21.5 Å². The van der Waals surface area contributed by atoms with Crippen LogP contribution in [0.5, 0.6) is 0 Å². The maximum Gasteiger partial charge on any atom is 0.419 e. The second kappa shape index (κ2) is 24.7. The average Bonchev–Trinajstić information content (AvgIpc) is 3.64. The molecule has 5 N–H and O–H groups in total. The molecule has 0 bridgehead atoms. The van der Waals surface area contributed by atoms with Gasteiger partial charge in [-0.1, -0.05) is 71.4 Å². The number of hydrogen-bond donors (Lipinski definition) is 5. The molecule has 3 atom stereocenters. The van der Waals surface area contributed by atoms with E-state index in [1.807, 2.05) is 36.4 Å². The van der Waals surface area contributed by atoms with E-state index in [9.17, 15) is 24.0 Å². The molecule has 1 aliphatic rings. The summed E-state index contributed by atoms with van der Waals surface area (Å²) >= 11 is 14.9. The molecular formula is C51H68Cl2N8O9S. The van der Waals surface area contributed by atoms with Crippen molar-refractivity contribution in [2.24, 2.45) is 0 Å². The number of ether oxygens (including phenoxy) is 3. The zero-order valence-corrected chi connectivity index (χ0v) is 44.6. The van der Waals surface area contributed by atoms with Gasteiger partial charge >= 0.3 is 18.3 Å². The van der Waals surface area contributed by atoms with E-state index in [4.69, 9.17) is 37.4 Å². The minimum Gasteiger partial charge on any atom is -0.444 e. The molecule has 71 heavy (non-hydrogen) atoms. The van der Waals surface area contributed by atoms with Crippen LogP contribution in [0.2, 0.25) is 10.2 Å². The minimum absolute atomic E-state index is 0.0560. The Hall–Kier alpha value is -5.56. The summed E-state index contributed by atoms with van der Waals surface area (Å²) in [4.78, 5) is 90.1. The number of unbranched alkanes of at least 4 members (excludes halogenated alkanes) is 1. The molecule has 3 heterocycles. The van der Waals surface area contributed by atoms with E-state index in [1.54, 1.807) is 80.6 Å². The second-order valence-electron chi connectivity index (χ2n) is 20.3. The largest absolute Gasteiger partial charge is 0.444 e. The Morgan fingerprint density at radius 3 is 2.04 bits per heavy atom. The highest BCUT2D eigenvalue weighted by molar-refractivity contribution is 7.99. The zero-order valence-electron chi connectivity index (χ0n) is 42.3. The van der Waals surface area contributed by atoms with Gasteiger partial charge in [0.1, 0.15) is 34.0 Å². The van der Waals surface area contributed by atoms with Gasteiger partial charge < -0.3 is 45.7 Å². The first-order valence-electron chi connectivity index (χ1n) is 23.7. The highest BCUT2D eigenvalue weighted by atomic mass is 35.5. The Bertz CT molecular complexity index is 2550. The molecule has 2 aromatic heterocycles. The molecule has 2 aromatic carbocycles. The third kappa shape index (κ3) is 17.0. The van der Waals surface area contributed by atoms with Crippen LogP contribution >= 0.6 is 35.0 Å². The number of para-hydroxylation sites is 1. The molecule has 0 radical (unpaired) electrons. The lowest BCUT2D eigenvalue weighted by molar-refractivity contribution is -0.142. The van der Waals surface area contributed by atoms with Crippen molar-refractivity contribution < 1.29 is 43.0 Å². The van der Waals surface area contributed by atoms with Gasteiger partial charge in [-0.2, -0.15) is 0 Å². The first-order valence-corrected chi connectivity index (χ1v) is 25.3. The number of rotatable bonds is 11. The first-order chi connectivity index (χ1) is 33.3. The summed E-state index contributed by atoms with van der Waals surface area (Å²) in [5, 5.41) is 16.0. The van der Waals surface area contributed by atoms with Crippen molar-refractivity contribution >= 4 is 81.9 Å². The lowest BCUT2D eigenvalue weighted by atomic mass is 10.0. The fourth-order valence-electron chi connectivity index (χ4n) is 7.67. The number of amides is 5. The van der Waals surface area contributed by atoms with E-state index in [-0.39, 0.29) is 55.6 Å². The highest BCUT2D eigenvalue weighted by Crippen LogP contribution is 2.39. The van der Waals surface area contributed by atoms with Crippen molar-refractivity contribution in [3.8, 4) is 0 Å². The van der Waals surface area contributed by atoms with Crippen LogP contribution in [0.25, 0.3) is 10.9 Å². The van der Waals surface area contributed by atoms with E-state index < -0.39 is 70.9 Å². The number of nitrogens with zero attached hydrogens (tertiary/aromatic N) is 3. The Labute approximate surface area is 430 Å². The van der Waals surface area contributed by atoms with Gasteiger partial charge in [-0.3, -0.25) is 19.0 Å².